The minimum atomic E-state index is -3.29. The number of aromatic nitrogens is 1. The summed E-state index contributed by atoms with van der Waals surface area (Å²) in [5.74, 6) is 0.478. The molecule has 1 aromatic heterocycles. The van der Waals surface area contributed by atoms with Gasteiger partial charge in [0.2, 0.25) is 0 Å². The van der Waals surface area contributed by atoms with Gasteiger partial charge in [-0.1, -0.05) is 19.8 Å². The van der Waals surface area contributed by atoms with Crippen molar-refractivity contribution in [2.24, 2.45) is 5.92 Å². The normalized spacial score (nSPS) is 25.7. The summed E-state index contributed by atoms with van der Waals surface area (Å²) >= 11 is 0. The average Bonchev–Trinajstić information content (AvgIpc) is 2.29. The Bertz CT molecular complexity index is 499. The van der Waals surface area contributed by atoms with Gasteiger partial charge in [0, 0.05) is 6.20 Å². The maximum absolute atomic E-state index is 12.4. The molecule has 0 aliphatic heterocycles. The largest absolute Gasteiger partial charge is 0.396 e. The molecule has 94 valence electrons. The van der Waals surface area contributed by atoms with Crippen LogP contribution >= 0.6 is 0 Å². The third-order valence-corrected chi connectivity index (χ3v) is 5.73. The second kappa shape index (κ2) is 4.64. The Morgan fingerprint density at radius 3 is 2.82 bits per heavy atom. The first-order valence-electron chi connectivity index (χ1n) is 5.95. The van der Waals surface area contributed by atoms with E-state index < -0.39 is 9.84 Å². The lowest BCUT2D eigenvalue weighted by Crippen LogP contribution is -2.28. The van der Waals surface area contributed by atoms with Crippen molar-refractivity contribution in [3.05, 3.63) is 18.5 Å². The van der Waals surface area contributed by atoms with Crippen LogP contribution in [-0.4, -0.2) is 18.7 Å². The summed E-state index contributed by atoms with van der Waals surface area (Å²) in [4.78, 5) is 4.07. The lowest BCUT2D eigenvalue weighted by molar-refractivity contribution is 0.382. The zero-order valence-corrected chi connectivity index (χ0v) is 10.8. The molecule has 0 amide bonds. The van der Waals surface area contributed by atoms with Gasteiger partial charge in [0.1, 0.15) is 0 Å². The van der Waals surface area contributed by atoms with Crippen LogP contribution in [0.4, 0.5) is 5.69 Å². The second-order valence-electron chi connectivity index (χ2n) is 4.85. The first kappa shape index (κ1) is 12.4. The van der Waals surface area contributed by atoms with Crippen LogP contribution in [0.2, 0.25) is 0 Å². The van der Waals surface area contributed by atoms with Gasteiger partial charge < -0.3 is 5.73 Å². The van der Waals surface area contributed by atoms with Crippen LogP contribution in [0.15, 0.2) is 23.4 Å². The van der Waals surface area contributed by atoms with E-state index in [4.69, 9.17) is 5.73 Å². The SMILES string of the molecule is CC1CCCC(S(=O)(=O)c2ccncc2N)C1. The average molecular weight is 254 g/mol. The van der Waals surface area contributed by atoms with Crippen LogP contribution in [-0.2, 0) is 9.84 Å². The molecule has 0 bridgehead atoms. The molecule has 4 nitrogen and oxygen atoms in total. The topological polar surface area (TPSA) is 73.0 Å². The third-order valence-electron chi connectivity index (χ3n) is 3.44. The number of sulfone groups is 1. The minimum absolute atomic E-state index is 0.242. The first-order valence-corrected chi connectivity index (χ1v) is 7.50. The van der Waals surface area contributed by atoms with E-state index in [1.807, 2.05) is 0 Å². The molecular weight excluding hydrogens is 236 g/mol. The smallest absolute Gasteiger partial charge is 0.183 e. The van der Waals surface area contributed by atoms with Crippen molar-refractivity contribution in [1.29, 1.82) is 0 Å². The highest BCUT2D eigenvalue weighted by Gasteiger charge is 2.32. The minimum Gasteiger partial charge on any atom is -0.396 e. The summed E-state index contributed by atoms with van der Waals surface area (Å²) in [5.41, 5.74) is 5.96. The molecule has 5 heteroatoms. The third kappa shape index (κ3) is 2.44. The molecule has 0 aromatic carbocycles. The van der Waals surface area contributed by atoms with Gasteiger partial charge in [-0.2, -0.15) is 0 Å². The van der Waals surface area contributed by atoms with E-state index in [0.29, 0.717) is 5.92 Å². The maximum atomic E-state index is 12.4. The molecule has 0 saturated heterocycles. The molecule has 0 radical (unpaired) electrons. The number of nitrogens with zero attached hydrogens (tertiary/aromatic N) is 1. The Morgan fingerprint density at radius 1 is 1.41 bits per heavy atom. The molecule has 1 aliphatic carbocycles. The zero-order valence-electron chi connectivity index (χ0n) is 9.96. The van der Waals surface area contributed by atoms with Crippen molar-refractivity contribution in [2.75, 3.05) is 5.73 Å². The summed E-state index contributed by atoms with van der Waals surface area (Å²) in [5, 5.41) is -0.282. The molecule has 2 unspecified atom stereocenters. The van der Waals surface area contributed by atoms with Crippen LogP contribution in [0.1, 0.15) is 32.6 Å². The summed E-state index contributed by atoms with van der Waals surface area (Å²) in [6.45, 7) is 2.11. The fourth-order valence-corrected chi connectivity index (χ4v) is 4.54. The standard InChI is InChI=1S/C12H18N2O2S/c1-9-3-2-4-10(7-9)17(15,16)12-5-6-14-8-11(12)13/h5-6,8-10H,2-4,7,13H2,1H3. The van der Waals surface area contributed by atoms with E-state index >= 15 is 0 Å². The Hall–Kier alpha value is -1.10. The predicted molar refractivity (Wildman–Crippen MR) is 67.3 cm³/mol. The highest BCUT2D eigenvalue weighted by Crippen LogP contribution is 2.33. The van der Waals surface area contributed by atoms with Gasteiger partial charge in [-0.25, -0.2) is 8.42 Å². The van der Waals surface area contributed by atoms with Crippen molar-refractivity contribution < 1.29 is 8.42 Å². The van der Waals surface area contributed by atoms with Gasteiger partial charge in [-0.15, -0.1) is 0 Å². The molecule has 1 aromatic rings. The second-order valence-corrected chi connectivity index (χ2v) is 7.05. The van der Waals surface area contributed by atoms with Crippen LogP contribution < -0.4 is 5.73 Å². The van der Waals surface area contributed by atoms with E-state index in [0.717, 1.165) is 25.7 Å². The Kier molecular flexibility index (Phi) is 3.38. The molecule has 17 heavy (non-hydrogen) atoms. The van der Waals surface area contributed by atoms with Crippen molar-refractivity contribution >= 4 is 15.5 Å². The molecule has 2 N–H and O–H groups in total. The van der Waals surface area contributed by atoms with Gasteiger partial charge in [0.05, 0.1) is 22.0 Å². The van der Waals surface area contributed by atoms with E-state index in [9.17, 15) is 8.42 Å². The number of rotatable bonds is 2. The lowest BCUT2D eigenvalue weighted by Gasteiger charge is -2.26. The number of anilines is 1. The highest BCUT2D eigenvalue weighted by molar-refractivity contribution is 7.92. The van der Waals surface area contributed by atoms with E-state index in [1.54, 1.807) is 0 Å². The molecule has 1 aliphatic rings. The van der Waals surface area contributed by atoms with E-state index in [1.165, 1.54) is 18.5 Å². The number of nitrogen functional groups attached to an aromatic ring is 1. The van der Waals surface area contributed by atoms with Crippen LogP contribution in [0, 0.1) is 5.92 Å². The quantitative estimate of drug-likeness (QED) is 0.876. The molecule has 2 rings (SSSR count). The summed E-state index contributed by atoms with van der Waals surface area (Å²) in [7, 11) is -3.29. The van der Waals surface area contributed by atoms with Crippen molar-refractivity contribution in [3.8, 4) is 0 Å². The number of hydrogen-bond acceptors (Lipinski definition) is 4. The van der Waals surface area contributed by atoms with Crippen molar-refractivity contribution in [2.45, 2.75) is 42.8 Å². The highest BCUT2D eigenvalue weighted by atomic mass is 32.2. The molecule has 2 atom stereocenters. The van der Waals surface area contributed by atoms with E-state index in [2.05, 4.69) is 11.9 Å². The van der Waals surface area contributed by atoms with Crippen LogP contribution in [0.3, 0.4) is 0 Å². The summed E-state index contributed by atoms with van der Waals surface area (Å²) < 4.78 is 24.9. The number of hydrogen-bond donors (Lipinski definition) is 1. The Balaban J connectivity index is 2.33. The number of pyridine rings is 1. The van der Waals surface area contributed by atoms with Crippen molar-refractivity contribution in [1.82, 2.24) is 4.98 Å². The van der Waals surface area contributed by atoms with Gasteiger partial charge in [0.25, 0.3) is 0 Å². The Labute approximate surface area is 102 Å². The maximum Gasteiger partial charge on any atom is 0.183 e. The van der Waals surface area contributed by atoms with Gasteiger partial charge >= 0.3 is 0 Å². The van der Waals surface area contributed by atoms with Gasteiger partial charge in [-0.3, -0.25) is 4.98 Å². The predicted octanol–water partition coefficient (Wildman–Crippen LogP) is 2.02. The zero-order chi connectivity index (χ0) is 12.5. The molecule has 1 heterocycles. The fourth-order valence-electron chi connectivity index (χ4n) is 2.49. The molecule has 1 fully saturated rings. The van der Waals surface area contributed by atoms with E-state index in [-0.39, 0.29) is 15.8 Å². The first-order chi connectivity index (χ1) is 8.01. The molecule has 1 saturated carbocycles. The summed E-state index contributed by atoms with van der Waals surface area (Å²) in [6.07, 6.45) is 6.47. The van der Waals surface area contributed by atoms with Gasteiger partial charge in [0.15, 0.2) is 9.84 Å². The summed E-state index contributed by atoms with van der Waals surface area (Å²) in [6, 6.07) is 1.50. The monoisotopic (exact) mass is 254 g/mol. The van der Waals surface area contributed by atoms with Crippen LogP contribution in [0.25, 0.3) is 0 Å². The molecular formula is C12H18N2O2S. The van der Waals surface area contributed by atoms with Crippen molar-refractivity contribution in [3.63, 3.8) is 0 Å². The van der Waals surface area contributed by atoms with Crippen LogP contribution in [0.5, 0.6) is 0 Å². The van der Waals surface area contributed by atoms with Gasteiger partial charge in [-0.05, 0) is 24.8 Å². The lowest BCUT2D eigenvalue weighted by atomic mass is 9.91. The molecule has 0 spiro atoms. The number of nitrogens with two attached hydrogens (primary N) is 1. The fraction of sp³-hybridized carbons (Fsp3) is 0.583. The Morgan fingerprint density at radius 2 is 2.18 bits per heavy atom.